The molecule has 0 atom stereocenters. The predicted molar refractivity (Wildman–Crippen MR) is 61.1 cm³/mol. The van der Waals surface area contributed by atoms with Gasteiger partial charge < -0.3 is 5.73 Å². The third kappa shape index (κ3) is 1.16. The zero-order chi connectivity index (χ0) is 8.55. The Balaban J connectivity index is 2.95. The molecule has 0 heterocycles. The van der Waals surface area contributed by atoms with E-state index < -0.39 is 0 Å². The lowest BCUT2D eigenvalue weighted by Gasteiger charge is -2.02. The number of anilines is 1. The second kappa shape index (κ2) is 2.94. The number of rotatable bonds is 0. The van der Waals surface area contributed by atoms with Crippen LogP contribution in [-0.2, 0) is 0 Å². The fraction of sp³-hybridized carbons (Fsp3) is 0. The standard InChI is InChI=1S/C10H8IN/c11-9-5-6-10(12)8-4-2-1-3-7(8)9/h1-6H,12H2. The molecule has 0 saturated carbocycles. The van der Waals surface area contributed by atoms with Crippen molar-refractivity contribution in [1.82, 2.24) is 0 Å². The van der Waals surface area contributed by atoms with Gasteiger partial charge in [-0.3, -0.25) is 0 Å². The van der Waals surface area contributed by atoms with E-state index in [-0.39, 0.29) is 0 Å². The van der Waals surface area contributed by atoms with Crippen LogP contribution in [0.4, 0.5) is 5.69 Å². The minimum absolute atomic E-state index is 0.853. The molecule has 60 valence electrons. The Morgan fingerprint density at radius 1 is 0.917 bits per heavy atom. The van der Waals surface area contributed by atoms with Gasteiger partial charge in [0.2, 0.25) is 0 Å². The van der Waals surface area contributed by atoms with E-state index in [4.69, 9.17) is 5.73 Å². The molecule has 0 unspecified atom stereocenters. The molecule has 0 amide bonds. The molecule has 2 N–H and O–H groups in total. The van der Waals surface area contributed by atoms with Gasteiger partial charge in [0, 0.05) is 14.6 Å². The lowest BCUT2D eigenvalue weighted by atomic mass is 10.1. The second-order valence-corrected chi connectivity index (χ2v) is 3.84. The summed E-state index contributed by atoms with van der Waals surface area (Å²) in [6.45, 7) is 0. The van der Waals surface area contributed by atoms with Crippen LogP contribution in [0.2, 0.25) is 0 Å². The molecular weight excluding hydrogens is 261 g/mol. The summed E-state index contributed by atoms with van der Waals surface area (Å²) in [5.74, 6) is 0. The van der Waals surface area contributed by atoms with Crippen LogP contribution in [0.1, 0.15) is 0 Å². The van der Waals surface area contributed by atoms with E-state index in [9.17, 15) is 0 Å². The molecule has 2 aromatic rings. The number of halogens is 1. The van der Waals surface area contributed by atoms with Crippen molar-refractivity contribution in [3.8, 4) is 0 Å². The van der Waals surface area contributed by atoms with Gasteiger partial charge in [-0.15, -0.1) is 0 Å². The maximum atomic E-state index is 5.82. The van der Waals surface area contributed by atoms with Gasteiger partial charge in [0.1, 0.15) is 0 Å². The fourth-order valence-electron chi connectivity index (χ4n) is 1.29. The highest BCUT2D eigenvalue weighted by molar-refractivity contribution is 14.1. The van der Waals surface area contributed by atoms with Gasteiger partial charge in [-0.05, 0) is 40.1 Å². The van der Waals surface area contributed by atoms with Gasteiger partial charge in [0.25, 0.3) is 0 Å². The summed E-state index contributed by atoms with van der Waals surface area (Å²) in [6, 6.07) is 12.2. The summed E-state index contributed by atoms with van der Waals surface area (Å²) in [4.78, 5) is 0. The van der Waals surface area contributed by atoms with Crippen LogP contribution in [-0.4, -0.2) is 0 Å². The van der Waals surface area contributed by atoms with Crippen molar-refractivity contribution in [2.75, 3.05) is 5.73 Å². The second-order valence-electron chi connectivity index (χ2n) is 2.68. The van der Waals surface area contributed by atoms with Gasteiger partial charge in [-0.1, -0.05) is 24.3 Å². The van der Waals surface area contributed by atoms with Gasteiger partial charge in [0.15, 0.2) is 0 Å². The predicted octanol–water partition coefficient (Wildman–Crippen LogP) is 3.03. The number of benzene rings is 2. The highest BCUT2D eigenvalue weighted by Gasteiger charge is 1.99. The largest absolute Gasteiger partial charge is 0.398 e. The Morgan fingerprint density at radius 3 is 2.25 bits per heavy atom. The number of hydrogen-bond donors (Lipinski definition) is 1. The van der Waals surface area contributed by atoms with Crippen LogP contribution >= 0.6 is 22.6 Å². The first kappa shape index (κ1) is 7.86. The first-order valence-electron chi connectivity index (χ1n) is 3.72. The van der Waals surface area contributed by atoms with Crippen molar-refractivity contribution in [2.45, 2.75) is 0 Å². The summed E-state index contributed by atoms with van der Waals surface area (Å²) in [5, 5.41) is 2.38. The molecule has 2 rings (SSSR count). The molecule has 0 fully saturated rings. The average Bonchev–Trinajstić information content (AvgIpc) is 2.12. The molecule has 0 radical (unpaired) electrons. The van der Waals surface area contributed by atoms with Gasteiger partial charge >= 0.3 is 0 Å². The van der Waals surface area contributed by atoms with Gasteiger partial charge in [-0.2, -0.15) is 0 Å². The summed E-state index contributed by atoms with van der Waals surface area (Å²) >= 11 is 2.32. The van der Waals surface area contributed by atoms with Crippen LogP contribution in [0.25, 0.3) is 10.8 Å². The van der Waals surface area contributed by atoms with E-state index in [0.717, 1.165) is 11.1 Å². The summed E-state index contributed by atoms with van der Waals surface area (Å²) in [6.07, 6.45) is 0. The van der Waals surface area contributed by atoms with Gasteiger partial charge in [0.05, 0.1) is 0 Å². The molecule has 2 aromatic carbocycles. The van der Waals surface area contributed by atoms with E-state index in [1.54, 1.807) is 0 Å². The molecule has 0 aliphatic rings. The molecule has 0 saturated heterocycles. The van der Waals surface area contributed by atoms with Crippen molar-refractivity contribution in [2.24, 2.45) is 0 Å². The first-order chi connectivity index (χ1) is 5.79. The van der Waals surface area contributed by atoms with Crippen molar-refractivity contribution < 1.29 is 0 Å². The normalized spacial score (nSPS) is 10.4. The average molecular weight is 269 g/mol. The van der Waals surface area contributed by atoms with E-state index in [2.05, 4.69) is 28.7 Å². The van der Waals surface area contributed by atoms with Crippen LogP contribution in [0.15, 0.2) is 36.4 Å². The third-order valence-electron chi connectivity index (χ3n) is 1.90. The number of fused-ring (bicyclic) bond motifs is 1. The molecular formula is C10H8IN. The Morgan fingerprint density at radius 2 is 1.58 bits per heavy atom. The minimum atomic E-state index is 0.853. The van der Waals surface area contributed by atoms with Crippen molar-refractivity contribution in [3.05, 3.63) is 40.0 Å². The number of hydrogen-bond acceptors (Lipinski definition) is 1. The minimum Gasteiger partial charge on any atom is -0.398 e. The maximum Gasteiger partial charge on any atom is 0.0394 e. The Hall–Kier alpha value is -0.770. The summed E-state index contributed by atoms with van der Waals surface area (Å²) in [7, 11) is 0. The van der Waals surface area contributed by atoms with Gasteiger partial charge in [-0.25, -0.2) is 0 Å². The number of nitrogen functional groups attached to an aromatic ring is 1. The zero-order valence-corrected chi connectivity index (χ0v) is 8.58. The van der Waals surface area contributed by atoms with E-state index in [0.29, 0.717) is 0 Å². The lowest BCUT2D eigenvalue weighted by molar-refractivity contribution is 1.69. The molecule has 0 spiro atoms. The molecule has 0 aromatic heterocycles. The highest BCUT2D eigenvalue weighted by atomic mass is 127. The summed E-state index contributed by atoms with van der Waals surface area (Å²) < 4.78 is 1.25. The Labute approximate surface area is 84.7 Å². The Kier molecular flexibility index (Phi) is 1.92. The molecule has 0 aliphatic heterocycles. The first-order valence-corrected chi connectivity index (χ1v) is 4.79. The smallest absolute Gasteiger partial charge is 0.0394 e. The molecule has 0 bridgehead atoms. The third-order valence-corrected chi connectivity index (χ3v) is 2.85. The van der Waals surface area contributed by atoms with Crippen LogP contribution in [0, 0.1) is 3.57 Å². The molecule has 1 nitrogen and oxygen atoms in total. The van der Waals surface area contributed by atoms with E-state index in [1.165, 1.54) is 8.96 Å². The van der Waals surface area contributed by atoms with Crippen molar-refractivity contribution in [3.63, 3.8) is 0 Å². The maximum absolute atomic E-state index is 5.82. The summed E-state index contributed by atoms with van der Waals surface area (Å²) in [5.41, 5.74) is 6.67. The fourth-order valence-corrected chi connectivity index (χ4v) is 1.94. The van der Waals surface area contributed by atoms with E-state index in [1.807, 2.05) is 30.3 Å². The van der Waals surface area contributed by atoms with Crippen molar-refractivity contribution >= 4 is 39.1 Å². The van der Waals surface area contributed by atoms with E-state index >= 15 is 0 Å². The zero-order valence-electron chi connectivity index (χ0n) is 6.42. The molecule has 0 aliphatic carbocycles. The van der Waals surface area contributed by atoms with Crippen LogP contribution in [0.5, 0.6) is 0 Å². The van der Waals surface area contributed by atoms with Crippen LogP contribution in [0.3, 0.4) is 0 Å². The number of nitrogens with two attached hydrogens (primary N) is 1. The Bertz CT molecular complexity index is 383. The SMILES string of the molecule is Nc1ccc(I)c2ccccc12. The monoisotopic (exact) mass is 269 g/mol. The molecule has 12 heavy (non-hydrogen) atoms. The topological polar surface area (TPSA) is 26.0 Å². The lowest BCUT2D eigenvalue weighted by Crippen LogP contribution is -1.87. The van der Waals surface area contributed by atoms with Crippen molar-refractivity contribution in [1.29, 1.82) is 0 Å². The van der Waals surface area contributed by atoms with Crippen LogP contribution < -0.4 is 5.73 Å². The quantitative estimate of drug-likeness (QED) is 0.577. The molecule has 2 heteroatoms. The highest BCUT2D eigenvalue weighted by Crippen LogP contribution is 2.25.